The van der Waals surface area contributed by atoms with E-state index < -0.39 is 12.0 Å². The molecule has 0 bridgehead atoms. The second-order valence-electron chi connectivity index (χ2n) is 7.84. The Hall–Kier alpha value is -3.61. The Labute approximate surface area is 187 Å². The van der Waals surface area contributed by atoms with Gasteiger partial charge in [0, 0.05) is 35.8 Å². The van der Waals surface area contributed by atoms with Gasteiger partial charge in [-0.1, -0.05) is 12.1 Å². The van der Waals surface area contributed by atoms with Crippen molar-refractivity contribution in [1.29, 1.82) is 0 Å². The number of hydrogen-bond acceptors (Lipinski definition) is 5. The van der Waals surface area contributed by atoms with Crippen LogP contribution in [-0.4, -0.2) is 55.5 Å². The van der Waals surface area contributed by atoms with Gasteiger partial charge in [0.1, 0.15) is 11.8 Å². The van der Waals surface area contributed by atoms with Gasteiger partial charge < -0.3 is 14.4 Å². The minimum Gasteiger partial charge on any atom is -0.497 e. The number of rotatable bonds is 6. The van der Waals surface area contributed by atoms with Crippen LogP contribution >= 0.6 is 0 Å². The Balaban J connectivity index is 1.82. The molecule has 0 aliphatic carbocycles. The number of methoxy groups -OCH3 is 1. The summed E-state index contributed by atoms with van der Waals surface area (Å²) in [5.74, 6) is -0.305. The lowest BCUT2D eigenvalue weighted by atomic mass is 9.79. The van der Waals surface area contributed by atoms with Gasteiger partial charge in [0.2, 0.25) is 0 Å². The number of anilines is 1. The molecule has 2 atom stereocenters. The maximum atomic E-state index is 13.6. The third-order valence-electron chi connectivity index (χ3n) is 5.99. The van der Waals surface area contributed by atoms with E-state index >= 15 is 0 Å². The smallest absolute Gasteiger partial charge is 0.329 e. The number of nitrogens with zero attached hydrogens (tertiary/aromatic N) is 2. The van der Waals surface area contributed by atoms with Crippen molar-refractivity contribution in [2.24, 2.45) is 0 Å². The van der Waals surface area contributed by atoms with Gasteiger partial charge in [0.15, 0.2) is 0 Å². The van der Waals surface area contributed by atoms with Gasteiger partial charge in [-0.05, 0) is 55.3 Å². The number of amides is 2. The maximum absolute atomic E-state index is 13.6. The van der Waals surface area contributed by atoms with Gasteiger partial charge in [-0.15, -0.1) is 6.58 Å². The normalized spacial score (nSPS) is 19.2. The predicted octanol–water partition coefficient (Wildman–Crippen LogP) is 3.40. The summed E-state index contributed by atoms with van der Waals surface area (Å²) in [4.78, 5) is 42.8. The van der Waals surface area contributed by atoms with Crippen molar-refractivity contribution in [3.05, 3.63) is 71.8 Å². The fourth-order valence-corrected chi connectivity index (χ4v) is 4.60. The van der Waals surface area contributed by atoms with Crippen LogP contribution in [-0.2, 0) is 9.53 Å². The van der Waals surface area contributed by atoms with E-state index in [0.717, 1.165) is 5.56 Å². The van der Waals surface area contributed by atoms with Gasteiger partial charge >= 0.3 is 5.97 Å². The van der Waals surface area contributed by atoms with Crippen LogP contribution in [0.3, 0.4) is 0 Å². The molecule has 0 saturated heterocycles. The van der Waals surface area contributed by atoms with E-state index in [2.05, 4.69) is 6.58 Å². The van der Waals surface area contributed by atoms with E-state index in [4.69, 9.17) is 9.47 Å². The summed E-state index contributed by atoms with van der Waals surface area (Å²) < 4.78 is 10.5. The van der Waals surface area contributed by atoms with Gasteiger partial charge in [-0.25, -0.2) is 4.79 Å². The molecule has 0 radical (unpaired) electrons. The molecule has 0 saturated carbocycles. The lowest BCUT2D eigenvalue weighted by Crippen LogP contribution is -2.53. The highest BCUT2D eigenvalue weighted by Crippen LogP contribution is 2.44. The minimum atomic E-state index is -0.781. The number of benzene rings is 2. The van der Waals surface area contributed by atoms with E-state index in [0.29, 0.717) is 42.1 Å². The molecule has 0 aromatic heterocycles. The van der Waals surface area contributed by atoms with E-state index in [-0.39, 0.29) is 24.3 Å². The number of esters is 1. The van der Waals surface area contributed by atoms with Gasteiger partial charge in [0.05, 0.1) is 13.7 Å². The Morgan fingerprint density at radius 1 is 1.19 bits per heavy atom. The quantitative estimate of drug-likeness (QED) is 0.515. The summed E-state index contributed by atoms with van der Waals surface area (Å²) in [5, 5.41) is 0. The monoisotopic (exact) mass is 434 g/mol. The molecule has 0 spiro atoms. The maximum Gasteiger partial charge on any atom is 0.329 e. The standard InChI is InChI=1S/C25H26N2O5/c1-4-13-26-15-17-14-21(25(30)32-5-2)27(20-8-6-7-19(22(17)20)24(26)29)23(28)16-9-11-18(31-3)12-10-16/h4,6-12,17,21H,1,5,13-15H2,2-3H3/t17-,21-/m0/s1. The fraction of sp³-hybridized carbons (Fsp3) is 0.320. The Morgan fingerprint density at radius 2 is 1.94 bits per heavy atom. The number of carbonyl (C=O) groups excluding carboxylic acids is 3. The highest BCUT2D eigenvalue weighted by Gasteiger charge is 2.45. The second kappa shape index (κ2) is 8.86. The Morgan fingerprint density at radius 3 is 2.59 bits per heavy atom. The van der Waals surface area contributed by atoms with E-state index in [1.54, 1.807) is 67.5 Å². The summed E-state index contributed by atoms with van der Waals surface area (Å²) in [6.45, 7) is 6.61. The van der Waals surface area contributed by atoms with Crippen molar-refractivity contribution in [2.75, 3.05) is 31.7 Å². The second-order valence-corrected chi connectivity index (χ2v) is 7.84. The fourth-order valence-electron chi connectivity index (χ4n) is 4.60. The van der Waals surface area contributed by atoms with Crippen molar-refractivity contribution in [1.82, 2.24) is 4.90 Å². The molecule has 0 N–H and O–H groups in total. The SMILES string of the molecule is C=CCN1C[C@@H]2C[C@@H](C(=O)OCC)N(C(=O)c3ccc(OC)cc3)c3cccc(c32)C1=O. The van der Waals surface area contributed by atoms with E-state index in [9.17, 15) is 14.4 Å². The zero-order chi connectivity index (χ0) is 22.8. The molecule has 166 valence electrons. The highest BCUT2D eigenvalue weighted by molar-refractivity contribution is 6.11. The first-order valence-electron chi connectivity index (χ1n) is 10.7. The average Bonchev–Trinajstić information content (AvgIpc) is 2.81. The van der Waals surface area contributed by atoms with E-state index in [1.807, 2.05) is 0 Å². The van der Waals surface area contributed by atoms with E-state index in [1.165, 1.54) is 4.90 Å². The predicted molar refractivity (Wildman–Crippen MR) is 120 cm³/mol. The molecule has 7 heteroatoms. The van der Waals surface area contributed by atoms with Crippen molar-refractivity contribution in [2.45, 2.75) is 25.3 Å². The van der Waals surface area contributed by atoms with Crippen LogP contribution in [0.5, 0.6) is 5.75 Å². The van der Waals surface area contributed by atoms with Crippen LogP contribution in [0.4, 0.5) is 5.69 Å². The Kier molecular flexibility index (Phi) is 5.99. The first kappa shape index (κ1) is 21.6. The van der Waals surface area contributed by atoms with Crippen LogP contribution < -0.4 is 9.64 Å². The lowest BCUT2D eigenvalue weighted by Gasteiger charge is -2.44. The average molecular weight is 434 g/mol. The topological polar surface area (TPSA) is 76.2 Å². The van der Waals surface area contributed by atoms with Crippen LogP contribution in [0, 0.1) is 0 Å². The summed E-state index contributed by atoms with van der Waals surface area (Å²) in [5.41, 5.74) is 2.39. The van der Waals surface area contributed by atoms with Crippen LogP contribution in [0.25, 0.3) is 0 Å². The lowest BCUT2D eigenvalue weighted by molar-refractivity contribution is -0.145. The molecule has 0 fully saturated rings. The van der Waals surface area contributed by atoms with Gasteiger partial charge in [0.25, 0.3) is 11.8 Å². The summed E-state index contributed by atoms with van der Waals surface area (Å²) in [6.07, 6.45) is 2.07. The van der Waals surface area contributed by atoms with Crippen molar-refractivity contribution >= 4 is 23.5 Å². The minimum absolute atomic E-state index is 0.0758. The molecule has 2 aliphatic heterocycles. The zero-order valence-electron chi connectivity index (χ0n) is 18.2. The molecule has 2 aliphatic rings. The summed E-state index contributed by atoms with van der Waals surface area (Å²) >= 11 is 0. The molecule has 2 amide bonds. The number of ether oxygens (including phenoxy) is 2. The molecular weight excluding hydrogens is 408 g/mol. The molecule has 0 unspecified atom stereocenters. The van der Waals surface area contributed by atoms with Crippen LogP contribution in [0.1, 0.15) is 45.5 Å². The van der Waals surface area contributed by atoms with Crippen LogP contribution in [0.2, 0.25) is 0 Å². The van der Waals surface area contributed by atoms with Crippen molar-refractivity contribution < 1.29 is 23.9 Å². The molecule has 32 heavy (non-hydrogen) atoms. The third kappa shape index (κ3) is 3.64. The molecular formula is C25H26N2O5. The van der Waals surface area contributed by atoms with Crippen molar-refractivity contribution in [3.8, 4) is 5.75 Å². The van der Waals surface area contributed by atoms with Crippen molar-refractivity contribution in [3.63, 3.8) is 0 Å². The Bertz CT molecular complexity index is 1060. The van der Waals surface area contributed by atoms with Gasteiger partial charge in [-0.2, -0.15) is 0 Å². The molecule has 2 aromatic carbocycles. The zero-order valence-corrected chi connectivity index (χ0v) is 18.2. The summed E-state index contributed by atoms with van der Waals surface area (Å²) in [6, 6.07) is 11.3. The molecule has 2 heterocycles. The van der Waals surface area contributed by atoms with Crippen LogP contribution in [0.15, 0.2) is 55.1 Å². The largest absolute Gasteiger partial charge is 0.497 e. The highest BCUT2D eigenvalue weighted by atomic mass is 16.5. The molecule has 7 nitrogen and oxygen atoms in total. The number of carbonyl (C=O) groups is 3. The molecule has 4 rings (SSSR count). The number of hydrogen-bond donors (Lipinski definition) is 0. The molecule has 2 aromatic rings. The first-order valence-corrected chi connectivity index (χ1v) is 10.7. The first-order chi connectivity index (χ1) is 15.5. The third-order valence-corrected chi connectivity index (χ3v) is 5.99. The van der Waals surface area contributed by atoms with Gasteiger partial charge in [-0.3, -0.25) is 14.5 Å². The summed E-state index contributed by atoms with van der Waals surface area (Å²) in [7, 11) is 1.56.